The number of ether oxygens (including phenoxy) is 1. The molecule has 2 rings (SSSR count). The van der Waals surface area contributed by atoms with Crippen LogP contribution in [0.4, 0.5) is 0 Å². The van der Waals surface area contributed by atoms with Crippen molar-refractivity contribution in [1.29, 1.82) is 0 Å². The summed E-state index contributed by atoms with van der Waals surface area (Å²) in [5.41, 5.74) is 1.06. The standard InChI is InChI=1S/C15H23ClN2O/c1-3-18-9-5-6-12(11-18)17-10-13-14(16)7-4-8-15(13)19-2/h4,7-8,12,17H,3,5-6,9-11H2,1-2H3. The van der Waals surface area contributed by atoms with Crippen LogP contribution in [0.1, 0.15) is 25.3 Å². The van der Waals surface area contributed by atoms with E-state index in [0.717, 1.165) is 36.0 Å². The van der Waals surface area contributed by atoms with E-state index in [4.69, 9.17) is 16.3 Å². The van der Waals surface area contributed by atoms with Crippen molar-refractivity contribution in [1.82, 2.24) is 10.2 Å². The van der Waals surface area contributed by atoms with Crippen LogP contribution in [0, 0.1) is 0 Å². The maximum absolute atomic E-state index is 6.25. The maximum Gasteiger partial charge on any atom is 0.124 e. The predicted molar refractivity (Wildman–Crippen MR) is 80.0 cm³/mol. The number of nitrogens with one attached hydrogen (secondary N) is 1. The zero-order chi connectivity index (χ0) is 13.7. The van der Waals surface area contributed by atoms with Gasteiger partial charge in [0.1, 0.15) is 5.75 Å². The Balaban J connectivity index is 1.95. The van der Waals surface area contributed by atoms with E-state index in [-0.39, 0.29) is 0 Å². The van der Waals surface area contributed by atoms with Gasteiger partial charge in [-0.05, 0) is 38.1 Å². The van der Waals surface area contributed by atoms with Crippen molar-refractivity contribution >= 4 is 11.6 Å². The molecular formula is C15H23ClN2O. The van der Waals surface area contributed by atoms with E-state index >= 15 is 0 Å². The first kappa shape index (κ1) is 14.6. The van der Waals surface area contributed by atoms with Crippen LogP contribution in [0.5, 0.6) is 5.75 Å². The topological polar surface area (TPSA) is 24.5 Å². The molecule has 0 saturated carbocycles. The number of likely N-dealkylation sites (tertiary alicyclic amines) is 1. The fraction of sp³-hybridized carbons (Fsp3) is 0.600. The van der Waals surface area contributed by atoms with E-state index in [1.807, 2.05) is 18.2 Å². The van der Waals surface area contributed by atoms with Gasteiger partial charge < -0.3 is 15.0 Å². The quantitative estimate of drug-likeness (QED) is 0.899. The molecule has 0 bridgehead atoms. The molecule has 1 aromatic rings. The van der Waals surface area contributed by atoms with E-state index in [9.17, 15) is 0 Å². The molecule has 0 amide bonds. The van der Waals surface area contributed by atoms with Gasteiger partial charge in [0, 0.05) is 29.7 Å². The normalized spacial score (nSPS) is 20.5. The lowest BCUT2D eigenvalue weighted by Crippen LogP contribution is -2.45. The lowest BCUT2D eigenvalue weighted by Gasteiger charge is -2.32. The lowest BCUT2D eigenvalue weighted by atomic mass is 10.1. The van der Waals surface area contributed by atoms with Gasteiger partial charge in [0.15, 0.2) is 0 Å². The largest absolute Gasteiger partial charge is 0.496 e. The highest BCUT2D eigenvalue weighted by Gasteiger charge is 2.18. The highest BCUT2D eigenvalue weighted by atomic mass is 35.5. The Labute approximate surface area is 120 Å². The summed E-state index contributed by atoms with van der Waals surface area (Å²) < 4.78 is 5.37. The molecular weight excluding hydrogens is 260 g/mol. The number of hydrogen-bond donors (Lipinski definition) is 1. The monoisotopic (exact) mass is 282 g/mol. The van der Waals surface area contributed by atoms with Crippen molar-refractivity contribution < 1.29 is 4.74 Å². The highest BCUT2D eigenvalue weighted by Crippen LogP contribution is 2.26. The highest BCUT2D eigenvalue weighted by molar-refractivity contribution is 6.31. The minimum Gasteiger partial charge on any atom is -0.496 e. The first-order valence-electron chi connectivity index (χ1n) is 7.01. The molecule has 3 nitrogen and oxygen atoms in total. The summed E-state index contributed by atoms with van der Waals surface area (Å²) in [5.74, 6) is 0.864. The number of halogens is 1. The molecule has 0 aliphatic carbocycles. The van der Waals surface area contributed by atoms with Gasteiger partial charge in [-0.2, -0.15) is 0 Å². The molecule has 1 heterocycles. The van der Waals surface area contributed by atoms with Crippen LogP contribution in [0.15, 0.2) is 18.2 Å². The minimum absolute atomic E-state index is 0.551. The molecule has 1 unspecified atom stereocenters. The summed E-state index contributed by atoms with van der Waals surface area (Å²) in [6.07, 6.45) is 2.51. The second kappa shape index (κ2) is 7.13. The summed E-state index contributed by atoms with van der Waals surface area (Å²) in [7, 11) is 1.69. The van der Waals surface area contributed by atoms with Crippen molar-refractivity contribution in [3.05, 3.63) is 28.8 Å². The smallest absolute Gasteiger partial charge is 0.124 e. The van der Waals surface area contributed by atoms with Crippen LogP contribution in [0.2, 0.25) is 5.02 Å². The van der Waals surface area contributed by atoms with Gasteiger partial charge in [0.05, 0.1) is 7.11 Å². The molecule has 0 aromatic heterocycles. The number of likely N-dealkylation sites (N-methyl/N-ethyl adjacent to an activating group) is 1. The predicted octanol–water partition coefficient (Wildman–Crippen LogP) is 2.92. The molecule has 1 saturated heterocycles. The minimum atomic E-state index is 0.551. The fourth-order valence-corrected chi connectivity index (χ4v) is 2.89. The Hall–Kier alpha value is -0.770. The number of nitrogens with zero attached hydrogens (tertiary/aromatic N) is 1. The maximum atomic E-state index is 6.25. The van der Waals surface area contributed by atoms with Gasteiger partial charge in [0.25, 0.3) is 0 Å². The molecule has 19 heavy (non-hydrogen) atoms. The second-order valence-electron chi connectivity index (χ2n) is 5.03. The molecule has 1 N–H and O–H groups in total. The van der Waals surface area contributed by atoms with Gasteiger partial charge in [-0.3, -0.25) is 0 Å². The third-order valence-corrected chi connectivity index (χ3v) is 4.17. The summed E-state index contributed by atoms with van der Waals surface area (Å²) >= 11 is 6.25. The summed E-state index contributed by atoms with van der Waals surface area (Å²) in [4.78, 5) is 2.49. The summed E-state index contributed by atoms with van der Waals surface area (Å²) in [5, 5.41) is 4.38. The zero-order valence-electron chi connectivity index (χ0n) is 11.8. The second-order valence-corrected chi connectivity index (χ2v) is 5.44. The molecule has 4 heteroatoms. The number of piperidine rings is 1. The molecule has 1 aliphatic rings. The Morgan fingerprint density at radius 3 is 3.05 bits per heavy atom. The molecule has 1 fully saturated rings. The van der Waals surface area contributed by atoms with Crippen LogP contribution < -0.4 is 10.1 Å². The summed E-state index contributed by atoms with van der Waals surface area (Å²) in [6, 6.07) is 6.35. The van der Waals surface area contributed by atoms with E-state index < -0.39 is 0 Å². The van der Waals surface area contributed by atoms with Crippen molar-refractivity contribution in [2.75, 3.05) is 26.7 Å². The Bertz CT molecular complexity index is 411. The van der Waals surface area contributed by atoms with Crippen LogP contribution in [0.25, 0.3) is 0 Å². The van der Waals surface area contributed by atoms with Crippen molar-refractivity contribution in [2.45, 2.75) is 32.4 Å². The van der Waals surface area contributed by atoms with Crippen LogP contribution in [-0.4, -0.2) is 37.7 Å². The number of benzene rings is 1. The third kappa shape index (κ3) is 3.85. The molecule has 0 radical (unpaired) electrons. The Morgan fingerprint density at radius 2 is 2.32 bits per heavy atom. The zero-order valence-corrected chi connectivity index (χ0v) is 12.5. The van der Waals surface area contributed by atoms with Crippen LogP contribution in [-0.2, 0) is 6.54 Å². The Morgan fingerprint density at radius 1 is 1.47 bits per heavy atom. The van der Waals surface area contributed by atoms with Gasteiger partial charge in [0.2, 0.25) is 0 Å². The van der Waals surface area contributed by atoms with Crippen molar-refractivity contribution in [3.63, 3.8) is 0 Å². The van der Waals surface area contributed by atoms with Gasteiger partial charge >= 0.3 is 0 Å². The first-order valence-corrected chi connectivity index (χ1v) is 7.39. The number of methoxy groups -OCH3 is 1. The Kier molecular flexibility index (Phi) is 5.49. The van der Waals surface area contributed by atoms with Gasteiger partial charge in [-0.25, -0.2) is 0 Å². The number of hydrogen-bond acceptors (Lipinski definition) is 3. The first-order chi connectivity index (χ1) is 9.24. The molecule has 1 atom stereocenters. The van der Waals surface area contributed by atoms with Crippen LogP contribution >= 0.6 is 11.6 Å². The SMILES string of the molecule is CCN1CCCC(NCc2c(Cl)cccc2OC)C1. The number of rotatable bonds is 5. The molecule has 0 spiro atoms. The van der Waals surface area contributed by atoms with E-state index in [0.29, 0.717) is 6.04 Å². The van der Waals surface area contributed by atoms with E-state index in [1.165, 1.54) is 19.4 Å². The van der Waals surface area contributed by atoms with Crippen molar-refractivity contribution in [3.8, 4) is 5.75 Å². The van der Waals surface area contributed by atoms with Gasteiger partial charge in [-0.1, -0.05) is 24.6 Å². The third-order valence-electron chi connectivity index (χ3n) is 3.82. The fourth-order valence-electron chi connectivity index (χ4n) is 2.66. The van der Waals surface area contributed by atoms with E-state index in [2.05, 4.69) is 17.1 Å². The van der Waals surface area contributed by atoms with E-state index in [1.54, 1.807) is 7.11 Å². The average Bonchev–Trinajstić information content (AvgIpc) is 2.46. The molecule has 106 valence electrons. The summed E-state index contributed by atoms with van der Waals surface area (Å²) in [6.45, 7) is 6.48. The molecule has 1 aromatic carbocycles. The van der Waals surface area contributed by atoms with Crippen LogP contribution in [0.3, 0.4) is 0 Å². The van der Waals surface area contributed by atoms with Gasteiger partial charge in [-0.15, -0.1) is 0 Å². The lowest BCUT2D eigenvalue weighted by molar-refractivity contribution is 0.198. The van der Waals surface area contributed by atoms with Crippen molar-refractivity contribution in [2.24, 2.45) is 0 Å². The molecule has 1 aliphatic heterocycles. The average molecular weight is 283 g/mol.